The first-order valence-electron chi connectivity index (χ1n) is 6.06. The van der Waals surface area contributed by atoms with Gasteiger partial charge in [-0.2, -0.15) is 0 Å². The highest BCUT2D eigenvalue weighted by molar-refractivity contribution is 4.76. The van der Waals surface area contributed by atoms with E-state index in [4.69, 9.17) is 0 Å². The number of nitrogens with zero attached hydrogens (tertiary/aromatic N) is 1. The van der Waals surface area contributed by atoms with Gasteiger partial charge in [0.15, 0.2) is 0 Å². The maximum absolute atomic E-state index is 3.49. The second kappa shape index (κ2) is 5.72. The fourth-order valence-electron chi connectivity index (χ4n) is 2.01. The topological polar surface area (TPSA) is 15.3 Å². The van der Waals surface area contributed by atoms with Crippen LogP contribution in [0.2, 0.25) is 0 Å². The summed E-state index contributed by atoms with van der Waals surface area (Å²) in [5.41, 5.74) is 0.354. The molecule has 0 saturated carbocycles. The van der Waals surface area contributed by atoms with E-state index in [1.807, 2.05) is 0 Å². The zero-order valence-electron chi connectivity index (χ0n) is 10.1. The monoisotopic (exact) mass is 198 g/mol. The Labute approximate surface area is 89.1 Å². The van der Waals surface area contributed by atoms with Crippen LogP contribution in [0.3, 0.4) is 0 Å². The van der Waals surface area contributed by atoms with Gasteiger partial charge in [-0.3, -0.25) is 4.90 Å². The Bertz CT molecular complexity index is 139. The first-order chi connectivity index (χ1) is 6.61. The summed E-state index contributed by atoms with van der Waals surface area (Å²) in [5.74, 6) is 0. The summed E-state index contributed by atoms with van der Waals surface area (Å²) < 4.78 is 0. The Balaban J connectivity index is 2.38. The minimum Gasteiger partial charge on any atom is -0.317 e. The Hall–Kier alpha value is -0.0800. The predicted octanol–water partition coefficient (Wildman–Crippen LogP) is 2.25. The predicted molar refractivity (Wildman–Crippen MR) is 62.7 cm³/mol. The van der Waals surface area contributed by atoms with E-state index in [0.717, 1.165) is 0 Å². The largest absolute Gasteiger partial charge is 0.317 e. The molecule has 0 unspecified atom stereocenters. The van der Waals surface area contributed by atoms with Crippen LogP contribution >= 0.6 is 0 Å². The third kappa shape index (κ3) is 4.43. The summed E-state index contributed by atoms with van der Waals surface area (Å²) in [5, 5.41) is 3.49. The van der Waals surface area contributed by atoms with Crippen LogP contribution in [-0.4, -0.2) is 36.6 Å². The second-order valence-electron chi connectivity index (χ2n) is 5.32. The summed E-state index contributed by atoms with van der Waals surface area (Å²) in [6.07, 6.45) is 5.33. The van der Waals surface area contributed by atoms with Gasteiger partial charge in [0, 0.05) is 5.54 Å². The normalized spacial score (nSPS) is 23.4. The molecule has 1 N–H and O–H groups in total. The van der Waals surface area contributed by atoms with Crippen molar-refractivity contribution in [3.05, 3.63) is 0 Å². The molecule has 0 aromatic heterocycles. The van der Waals surface area contributed by atoms with Crippen molar-refractivity contribution in [2.45, 2.75) is 52.0 Å². The molecule has 84 valence electrons. The molecule has 2 nitrogen and oxygen atoms in total. The van der Waals surface area contributed by atoms with Crippen molar-refractivity contribution >= 4 is 0 Å². The Morgan fingerprint density at radius 3 is 1.79 bits per heavy atom. The summed E-state index contributed by atoms with van der Waals surface area (Å²) in [6.45, 7) is 11.9. The van der Waals surface area contributed by atoms with Crippen molar-refractivity contribution in [1.29, 1.82) is 0 Å². The molecular formula is C12H26N2. The maximum Gasteiger partial charge on any atom is 0.0125 e. The van der Waals surface area contributed by atoms with Crippen molar-refractivity contribution < 1.29 is 0 Å². The van der Waals surface area contributed by atoms with Gasteiger partial charge in [-0.15, -0.1) is 0 Å². The number of nitrogens with one attached hydrogen (secondary N) is 1. The highest BCUT2D eigenvalue weighted by Crippen LogP contribution is 2.15. The van der Waals surface area contributed by atoms with E-state index in [-0.39, 0.29) is 0 Å². The van der Waals surface area contributed by atoms with Gasteiger partial charge in [0.2, 0.25) is 0 Å². The number of hydrogen-bond acceptors (Lipinski definition) is 2. The molecule has 2 heteroatoms. The van der Waals surface area contributed by atoms with E-state index in [2.05, 4.69) is 31.0 Å². The maximum atomic E-state index is 3.49. The lowest BCUT2D eigenvalue weighted by Crippen LogP contribution is -2.43. The van der Waals surface area contributed by atoms with Gasteiger partial charge in [0.05, 0.1) is 0 Å². The fourth-order valence-corrected chi connectivity index (χ4v) is 2.01. The van der Waals surface area contributed by atoms with Gasteiger partial charge in [-0.05, 0) is 72.6 Å². The Morgan fingerprint density at radius 1 is 0.857 bits per heavy atom. The molecule has 0 spiro atoms. The van der Waals surface area contributed by atoms with Gasteiger partial charge < -0.3 is 5.32 Å². The van der Waals surface area contributed by atoms with Crippen molar-refractivity contribution in [3.8, 4) is 0 Å². The molecule has 0 amide bonds. The summed E-state index contributed by atoms with van der Waals surface area (Å²) >= 11 is 0. The highest BCUT2D eigenvalue weighted by Gasteiger charge is 2.20. The summed E-state index contributed by atoms with van der Waals surface area (Å²) in [6, 6.07) is 0. The molecule has 1 aliphatic rings. The third-order valence-corrected chi connectivity index (χ3v) is 3.01. The van der Waals surface area contributed by atoms with E-state index in [1.54, 1.807) is 0 Å². The van der Waals surface area contributed by atoms with Crippen LogP contribution in [0.5, 0.6) is 0 Å². The third-order valence-electron chi connectivity index (χ3n) is 3.01. The van der Waals surface area contributed by atoms with Crippen LogP contribution in [0.25, 0.3) is 0 Å². The summed E-state index contributed by atoms with van der Waals surface area (Å²) in [7, 11) is 0. The molecule has 0 aromatic carbocycles. The molecule has 0 aromatic rings. The average Bonchev–Trinajstić information content (AvgIpc) is 2.12. The summed E-state index contributed by atoms with van der Waals surface area (Å²) in [4.78, 5) is 2.64. The van der Waals surface area contributed by atoms with E-state index >= 15 is 0 Å². The molecule has 0 aliphatic carbocycles. The average molecular weight is 198 g/mol. The first-order valence-corrected chi connectivity index (χ1v) is 6.06. The molecule has 1 saturated heterocycles. The molecule has 1 heterocycles. The van der Waals surface area contributed by atoms with E-state index < -0.39 is 0 Å². The van der Waals surface area contributed by atoms with Crippen molar-refractivity contribution in [1.82, 2.24) is 10.2 Å². The lowest BCUT2D eigenvalue weighted by Gasteiger charge is -2.36. The SMILES string of the molecule is CC(C)(C)N1CCCCNCCCC1. The molecule has 1 aliphatic heterocycles. The minimum atomic E-state index is 0.354. The zero-order chi connectivity index (χ0) is 10.4. The zero-order valence-corrected chi connectivity index (χ0v) is 10.1. The lowest BCUT2D eigenvalue weighted by atomic mass is 10.0. The fraction of sp³-hybridized carbons (Fsp3) is 1.00. The van der Waals surface area contributed by atoms with Crippen molar-refractivity contribution in [2.75, 3.05) is 26.2 Å². The van der Waals surface area contributed by atoms with Crippen LogP contribution in [0.4, 0.5) is 0 Å². The lowest BCUT2D eigenvalue weighted by molar-refractivity contribution is 0.129. The van der Waals surface area contributed by atoms with Crippen LogP contribution in [-0.2, 0) is 0 Å². The van der Waals surface area contributed by atoms with E-state index in [9.17, 15) is 0 Å². The molecule has 1 rings (SSSR count). The van der Waals surface area contributed by atoms with E-state index in [1.165, 1.54) is 51.9 Å². The van der Waals surface area contributed by atoms with Crippen LogP contribution < -0.4 is 5.32 Å². The molecule has 14 heavy (non-hydrogen) atoms. The van der Waals surface area contributed by atoms with E-state index in [0.29, 0.717) is 5.54 Å². The Morgan fingerprint density at radius 2 is 1.36 bits per heavy atom. The quantitative estimate of drug-likeness (QED) is 0.642. The van der Waals surface area contributed by atoms with Gasteiger partial charge in [0.1, 0.15) is 0 Å². The van der Waals surface area contributed by atoms with Gasteiger partial charge in [-0.1, -0.05) is 0 Å². The van der Waals surface area contributed by atoms with Gasteiger partial charge >= 0.3 is 0 Å². The molecule has 0 radical (unpaired) electrons. The second-order valence-corrected chi connectivity index (χ2v) is 5.32. The van der Waals surface area contributed by atoms with Gasteiger partial charge in [-0.25, -0.2) is 0 Å². The van der Waals surface area contributed by atoms with Crippen LogP contribution in [0.1, 0.15) is 46.5 Å². The number of rotatable bonds is 0. The van der Waals surface area contributed by atoms with Crippen LogP contribution in [0, 0.1) is 0 Å². The minimum absolute atomic E-state index is 0.354. The Kier molecular flexibility index (Phi) is 4.90. The molecule has 0 bridgehead atoms. The molecular weight excluding hydrogens is 172 g/mol. The highest BCUT2D eigenvalue weighted by atomic mass is 15.2. The smallest absolute Gasteiger partial charge is 0.0125 e. The van der Waals surface area contributed by atoms with Crippen LogP contribution in [0.15, 0.2) is 0 Å². The van der Waals surface area contributed by atoms with Crippen molar-refractivity contribution in [2.24, 2.45) is 0 Å². The standard InChI is InChI=1S/C12H26N2/c1-12(2,3)14-10-6-4-8-13-9-5-7-11-14/h13H,4-11H2,1-3H3. The number of hydrogen-bond donors (Lipinski definition) is 1. The molecule has 0 atom stereocenters. The van der Waals surface area contributed by atoms with Crippen molar-refractivity contribution in [3.63, 3.8) is 0 Å². The van der Waals surface area contributed by atoms with Gasteiger partial charge in [0.25, 0.3) is 0 Å². The molecule has 1 fully saturated rings. The first kappa shape index (κ1) is 12.0.